The third-order valence-corrected chi connectivity index (χ3v) is 5.82. The molecule has 2 aliphatic rings. The largest absolute Gasteiger partial charge is 0.339 e. The van der Waals surface area contributed by atoms with Crippen molar-refractivity contribution >= 4 is 11.8 Å². The van der Waals surface area contributed by atoms with Crippen molar-refractivity contribution in [3.8, 4) is 0 Å². The number of nitrogens with zero attached hydrogens (tertiary/aromatic N) is 5. The second kappa shape index (κ2) is 8.16. The molecule has 2 aromatic heterocycles. The van der Waals surface area contributed by atoms with Crippen LogP contribution in [0.15, 0.2) is 18.6 Å². The summed E-state index contributed by atoms with van der Waals surface area (Å²) in [6.45, 7) is 5.94. The predicted molar refractivity (Wildman–Crippen MR) is 104 cm³/mol. The number of hydrogen-bond donors (Lipinski definition) is 1. The van der Waals surface area contributed by atoms with Gasteiger partial charge in [-0.15, -0.1) is 0 Å². The number of amides is 2. The number of rotatable bonds is 5. The number of hydrogen-bond acceptors (Lipinski definition) is 4. The van der Waals surface area contributed by atoms with Crippen molar-refractivity contribution in [2.24, 2.45) is 0 Å². The van der Waals surface area contributed by atoms with Crippen LogP contribution in [0.5, 0.6) is 0 Å². The molecule has 4 rings (SSSR count). The van der Waals surface area contributed by atoms with Crippen LogP contribution in [-0.4, -0.2) is 67.8 Å². The molecular weight excluding hydrogens is 356 g/mol. The number of piperidine rings is 1. The summed E-state index contributed by atoms with van der Waals surface area (Å²) in [7, 11) is 0. The van der Waals surface area contributed by atoms with Gasteiger partial charge in [-0.2, -0.15) is 10.2 Å². The molecular formula is C20H28N6O2. The number of aromatic amines is 1. The molecule has 2 saturated heterocycles. The van der Waals surface area contributed by atoms with E-state index >= 15 is 0 Å². The summed E-state index contributed by atoms with van der Waals surface area (Å²) in [6, 6.07) is 0. The molecule has 0 radical (unpaired) electrons. The van der Waals surface area contributed by atoms with Crippen LogP contribution in [0.25, 0.3) is 0 Å². The summed E-state index contributed by atoms with van der Waals surface area (Å²) >= 11 is 0. The zero-order chi connectivity index (χ0) is 19.5. The minimum absolute atomic E-state index is 0.0405. The molecule has 4 heterocycles. The van der Waals surface area contributed by atoms with Gasteiger partial charge < -0.3 is 9.80 Å². The van der Waals surface area contributed by atoms with Gasteiger partial charge in [0.2, 0.25) is 0 Å². The zero-order valence-corrected chi connectivity index (χ0v) is 16.4. The summed E-state index contributed by atoms with van der Waals surface area (Å²) in [5.74, 6) is 0.359. The average Bonchev–Trinajstić information content (AvgIpc) is 3.48. The minimum Gasteiger partial charge on any atom is -0.339 e. The molecule has 0 unspecified atom stereocenters. The summed E-state index contributed by atoms with van der Waals surface area (Å²) < 4.78 is 1.82. The molecule has 2 aromatic rings. The fourth-order valence-electron chi connectivity index (χ4n) is 4.25. The van der Waals surface area contributed by atoms with Crippen LogP contribution in [0, 0.1) is 0 Å². The monoisotopic (exact) mass is 384 g/mol. The highest BCUT2D eigenvalue weighted by atomic mass is 16.2. The lowest BCUT2D eigenvalue weighted by Gasteiger charge is -2.31. The highest BCUT2D eigenvalue weighted by Gasteiger charge is 2.30. The number of H-pyrrole nitrogens is 1. The van der Waals surface area contributed by atoms with Crippen molar-refractivity contribution < 1.29 is 9.59 Å². The first-order valence-corrected chi connectivity index (χ1v) is 10.3. The fraction of sp³-hybridized carbons (Fsp3) is 0.600. The Morgan fingerprint density at radius 1 is 1.07 bits per heavy atom. The predicted octanol–water partition coefficient (Wildman–Crippen LogP) is 2.27. The van der Waals surface area contributed by atoms with E-state index < -0.39 is 0 Å². The zero-order valence-electron chi connectivity index (χ0n) is 16.4. The Hall–Kier alpha value is -2.64. The average molecular weight is 384 g/mol. The van der Waals surface area contributed by atoms with Crippen LogP contribution in [0.4, 0.5) is 0 Å². The lowest BCUT2D eigenvalue weighted by atomic mass is 9.91. The first kappa shape index (κ1) is 18.7. The Bertz CT molecular complexity index is 827. The van der Waals surface area contributed by atoms with Crippen molar-refractivity contribution in [3.63, 3.8) is 0 Å². The van der Waals surface area contributed by atoms with Gasteiger partial charge in [-0.1, -0.05) is 6.92 Å². The normalized spacial score (nSPS) is 18.0. The van der Waals surface area contributed by atoms with E-state index in [0.717, 1.165) is 57.4 Å². The van der Waals surface area contributed by atoms with E-state index in [9.17, 15) is 9.59 Å². The number of likely N-dealkylation sites (tertiary alicyclic amines) is 2. The van der Waals surface area contributed by atoms with E-state index in [1.165, 1.54) is 0 Å². The maximum Gasteiger partial charge on any atom is 0.257 e. The Kier molecular flexibility index (Phi) is 5.45. The van der Waals surface area contributed by atoms with Crippen molar-refractivity contribution in [1.29, 1.82) is 0 Å². The number of nitrogens with one attached hydrogen (secondary N) is 1. The number of carbonyl (C=O) groups is 2. The molecule has 8 heteroatoms. The number of carbonyl (C=O) groups excluding carboxylic acids is 2. The molecule has 0 spiro atoms. The molecule has 0 aromatic carbocycles. The van der Waals surface area contributed by atoms with Gasteiger partial charge in [-0.05, 0) is 32.1 Å². The Labute approximate surface area is 164 Å². The van der Waals surface area contributed by atoms with Crippen molar-refractivity contribution in [2.75, 3.05) is 26.2 Å². The summed E-state index contributed by atoms with van der Waals surface area (Å²) in [4.78, 5) is 29.3. The summed E-state index contributed by atoms with van der Waals surface area (Å²) in [6.07, 6.45) is 9.96. The van der Waals surface area contributed by atoms with Crippen molar-refractivity contribution in [2.45, 2.75) is 51.5 Å². The van der Waals surface area contributed by atoms with Crippen LogP contribution in [0.3, 0.4) is 0 Å². The minimum atomic E-state index is 0.0405. The van der Waals surface area contributed by atoms with Crippen LogP contribution in [-0.2, 0) is 6.54 Å². The van der Waals surface area contributed by atoms with Gasteiger partial charge >= 0.3 is 0 Å². The molecule has 0 bridgehead atoms. The topological polar surface area (TPSA) is 87.1 Å². The van der Waals surface area contributed by atoms with Crippen molar-refractivity contribution in [3.05, 3.63) is 35.4 Å². The van der Waals surface area contributed by atoms with E-state index in [-0.39, 0.29) is 17.7 Å². The number of aryl methyl sites for hydroxylation is 1. The lowest BCUT2D eigenvalue weighted by molar-refractivity contribution is 0.0707. The van der Waals surface area contributed by atoms with Gasteiger partial charge in [0.1, 0.15) is 0 Å². The molecule has 0 saturated carbocycles. The standard InChI is InChI=1S/C20H28N6O2/c1-2-7-26-14-16(12-22-26)19(27)25-10-5-15(6-11-25)18-17(13-21-23-18)20(28)24-8-3-4-9-24/h12-15H,2-11H2,1H3,(H,21,23). The molecule has 1 N–H and O–H groups in total. The van der Waals surface area contributed by atoms with Crippen LogP contribution in [0.1, 0.15) is 71.4 Å². The van der Waals surface area contributed by atoms with E-state index in [0.29, 0.717) is 24.2 Å². The first-order valence-electron chi connectivity index (χ1n) is 10.3. The van der Waals surface area contributed by atoms with Crippen LogP contribution in [0.2, 0.25) is 0 Å². The Morgan fingerprint density at radius 2 is 1.79 bits per heavy atom. The van der Waals surface area contributed by atoms with Gasteiger partial charge in [0.15, 0.2) is 0 Å². The molecule has 28 heavy (non-hydrogen) atoms. The summed E-state index contributed by atoms with van der Waals surface area (Å²) in [5.41, 5.74) is 2.28. The molecule has 0 atom stereocenters. The van der Waals surface area contributed by atoms with Gasteiger partial charge in [-0.25, -0.2) is 0 Å². The quantitative estimate of drug-likeness (QED) is 0.857. The van der Waals surface area contributed by atoms with Gasteiger partial charge in [0.05, 0.1) is 29.2 Å². The molecule has 2 aliphatic heterocycles. The van der Waals surface area contributed by atoms with E-state index in [1.807, 2.05) is 20.7 Å². The van der Waals surface area contributed by atoms with Gasteiger partial charge in [0, 0.05) is 44.8 Å². The highest BCUT2D eigenvalue weighted by molar-refractivity contribution is 5.95. The number of aromatic nitrogens is 4. The molecule has 2 fully saturated rings. The van der Waals surface area contributed by atoms with E-state index in [1.54, 1.807) is 12.4 Å². The molecule has 0 aliphatic carbocycles. The second-order valence-electron chi connectivity index (χ2n) is 7.76. The molecule has 8 nitrogen and oxygen atoms in total. The summed E-state index contributed by atoms with van der Waals surface area (Å²) in [5, 5.41) is 11.5. The van der Waals surface area contributed by atoms with Gasteiger partial charge in [-0.3, -0.25) is 19.4 Å². The maximum absolute atomic E-state index is 12.8. The Balaban J connectivity index is 1.38. The van der Waals surface area contributed by atoms with Crippen LogP contribution >= 0.6 is 0 Å². The lowest BCUT2D eigenvalue weighted by Crippen LogP contribution is -2.38. The smallest absolute Gasteiger partial charge is 0.257 e. The second-order valence-corrected chi connectivity index (χ2v) is 7.76. The van der Waals surface area contributed by atoms with Crippen LogP contribution < -0.4 is 0 Å². The molecule has 150 valence electrons. The molecule has 2 amide bonds. The van der Waals surface area contributed by atoms with Gasteiger partial charge in [0.25, 0.3) is 11.8 Å². The van der Waals surface area contributed by atoms with E-state index in [2.05, 4.69) is 22.2 Å². The Morgan fingerprint density at radius 3 is 2.50 bits per heavy atom. The highest BCUT2D eigenvalue weighted by Crippen LogP contribution is 2.30. The third-order valence-electron chi connectivity index (χ3n) is 5.82. The van der Waals surface area contributed by atoms with E-state index in [4.69, 9.17) is 0 Å². The fourth-order valence-corrected chi connectivity index (χ4v) is 4.25. The first-order chi connectivity index (χ1) is 13.7. The SMILES string of the molecule is CCCn1cc(C(=O)N2CCC(c3[nH]ncc3C(=O)N3CCCC3)CC2)cn1. The van der Waals surface area contributed by atoms with Crippen molar-refractivity contribution in [1.82, 2.24) is 29.8 Å². The third kappa shape index (κ3) is 3.68. The maximum atomic E-state index is 12.8.